The van der Waals surface area contributed by atoms with Crippen LogP contribution in [-0.4, -0.2) is 42.8 Å². The molecule has 3 amide bonds. The summed E-state index contributed by atoms with van der Waals surface area (Å²) < 4.78 is 10.4. The average molecular weight is 413 g/mol. The van der Waals surface area contributed by atoms with E-state index in [4.69, 9.17) is 9.15 Å². The maximum atomic E-state index is 12.9. The zero-order valence-electron chi connectivity index (χ0n) is 17.1. The number of furan rings is 1. The number of carbonyl (C=O) groups excluding carboxylic acids is 3. The van der Waals surface area contributed by atoms with E-state index in [2.05, 4.69) is 10.6 Å². The number of benzene rings is 1. The number of amides is 3. The summed E-state index contributed by atoms with van der Waals surface area (Å²) in [6.07, 6.45) is 5.29. The van der Waals surface area contributed by atoms with Crippen LogP contribution in [0.25, 0.3) is 0 Å². The van der Waals surface area contributed by atoms with Gasteiger partial charge in [-0.2, -0.15) is 0 Å². The molecule has 1 saturated carbocycles. The lowest BCUT2D eigenvalue weighted by molar-refractivity contribution is -0.140. The van der Waals surface area contributed by atoms with Gasteiger partial charge in [-0.05, 0) is 49.2 Å². The van der Waals surface area contributed by atoms with Gasteiger partial charge < -0.3 is 24.7 Å². The van der Waals surface area contributed by atoms with Crippen molar-refractivity contribution in [3.05, 3.63) is 48.4 Å². The summed E-state index contributed by atoms with van der Waals surface area (Å²) in [6, 6.07) is 10.4. The van der Waals surface area contributed by atoms with E-state index in [-0.39, 0.29) is 37.4 Å². The second kappa shape index (κ2) is 10.5. The fourth-order valence-electron chi connectivity index (χ4n) is 3.52. The van der Waals surface area contributed by atoms with Gasteiger partial charge in [-0.15, -0.1) is 0 Å². The molecule has 1 aromatic carbocycles. The molecule has 1 aromatic heterocycles. The number of nitrogens with one attached hydrogen (secondary N) is 2. The Bertz CT molecular complexity index is 842. The van der Waals surface area contributed by atoms with Crippen molar-refractivity contribution in [2.75, 3.05) is 25.5 Å². The molecule has 1 aliphatic carbocycles. The number of hydrogen-bond acceptors (Lipinski definition) is 5. The molecule has 1 fully saturated rings. The van der Waals surface area contributed by atoms with Gasteiger partial charge in [0.1, 0.15) is 18.1 Å². The molecule has 0 atom stereocenters. The van der Waals surface area contributed by atoms with Gasteiger partial charge in [0.15, 0.2) is 0 Å². The molecule has 0 saturated heterocycles. The monoisotopic (exact) mass is 413 g/mol. The molecule has 3 rings (SSSR count). The molecule has 30 heavy (non-hydrogen) atoms. The second-order valence-corrected chi connectivity index (χ2v) is 7.31. The molecule has 2 N–H and O–H groups in total. The third kappa shape index (κ3) is 6.10. The highest BCUT2D eigenvalue weighted by atomic mass is 16.5. The molecule has 8 nitrogen and oxygen atoms in total. The van der Waals surface area contributed by atoms with Gasteiger partial charge in [0, 0.05) is 11.6 Å². The highest BCUT2D eigenvalue weighted by Gasteiger charge is 2.29. The fraction of sp³-hybridized carbons (Fsp3) is 0.409. The quantitative estimate of drug-likeness (QED) is 0.658. The number of hydrogen-bond donors (Lipinski definition) is 2. The van der Waals surface area contributed by atoms with Crippen LogP contribution >= 0.6 is 0 Å². The number of methoxy groups -OCH3 is 1. The molecule has 1 heterocycles. The minimum Gasteiger partial charge on any atom is -0.497 e. The molecule has 0 spiro atoms. The number of rotatable bonds is 9. The van der Waals surface area contributed by atoms with Crippen molar-refractivity contribution in [1.29, 1.82) is 0 Å². The molecular formula is C22H27N3O5. The first-order chi connectivity index (χ1) is 14.5. The Balaban J connectivity index is 1.51. The standard InChI is InChI=1S/C22H27N3O5/c1-29-18-10-8-17(9-11-18)24-20(26)13-23-21(27)15-25(14-19-7-4-12-30-19)22(28)16-5-2-3-6-16/h4,7-12,16H,2-3,5-6,13-15H2,1H3,(H,23,27)(H,24,26). The largest absolute Gasteiger partial charge is 0.497 e. The summed E-state index contributed by atoms with van der Waals surface area (Å²) in [6.45, 7) is -0.0727. The lowest BCUT2D eigenvalue weighted by atomic mass is 10.1. The second-order valence-electron chi connectivity index (χ2n) is 7.31. The van der Waals surface area contributed by atoms with Crippen molar-refractivity contribution in [1.82, 2.24) is 10.2 Å². The third-order valence-electron chi connectivity index (χ3n) is 5.10. The molecule has 1 aliphatic rings. The van der Waals surface area contributed by atoms with Crippen LogP contribution in [0.2, 0.25) is 0 Å². The van der Waals surface area contributed by atoms with Gasteiger partial charge in [0.05, 0.1) is 26.5 Å². The minimum absolute atomic E-state index is 0.0401. The topological polar surface area (TPSA) is 101 Å². The van der Waals surface area contributed by atoms with Gasteiger partial charge in [0.25, 0.3) is 0 Å². The lowest BCUT2D eigenvalue weighted by Gasteiger charge is -2.24. The van der Waals surface area contributed by atoms with E-state index in [0.717, 1.165) is 25.7 Å². The van der Waals surface area contributed by atoms with Crippen LogP contribution in [0.4, 0.5) is 5.69 Å². The summed E-state index contributed by atoms with van der Waals surface area (Å²) in [4.78, 5) is 38.9. The van der Waals surface area contributed by atoms with Gasteiger partial charge in [0.2, 0.25) is 17.7 Å². The van der Waals surface area contributed by atoms with Crippen molar-refractivity contribution in [3.8, 4) is 5.75 Å². The van der Waals surface area contributed by atoms with Crippen LogP contribution in [0, 0.1) is 5.92 Å². The highest BCUT2D eigenvalue weighted by molar-refractivity contribution is 5.95. The summed E-state index contributed by atoms with van der Waals surface area (Å²) in [5, 5.41) is 5.28. The Morgan fingerprint density at radius 2 is 1.83 bits per heavy atom. The molecule has 160 valence electrons. The first kappa shape index (κ1) is 21.4. The van der Waals surface area contributed by atoms with Crippen LogP contribution in [0.1, 0.15) is 31.4 Å². The third-order valence-corrected chi connectivity index (χ3v) is 5.10. The fourth-order valence-corrected chi connectivity index (χ4v) is 3.52. The van der Waals surface area contributed by atoms with Crippen LogP contribution in [0.5, 0.6) is 5.75 Å². The van der Waals surface area contributed by atoms with Crippen molar-refractivity contribution in [2.45, 2.75) is 32.2 Å². The SMILES string of the molecule is COc1ccc(NC(=O)CNC(=O)CN(Cc2ccco2)C(=O)C2CCCC2)cc1. The molecule has 2 aromatic rings. The highest BCUT2D eigenvalue weighted by Crippen LogP contribution is 2.27. The van der Waals surface area contributed by atoms with E-state index in [0.29, 0.717) is 17.2 Å². The molecule has 0 aliphatic heterocycles. The first-order valence-corrected chi connectivity index (χ1v) is 10.1. The Labute approximate surface area is 175 Å². The van der Waals surface area contributed by atoms with Gasteiger partial charge in [-0.1, -0.05) is 12.8 Å². The summed E-state index contributed by atoms with van der Waals surface area (Å²) in [7, 11) is 1.57. The lowest BCUT2D eigenvalue weighted by Crippen LogP contribution is -2.44. The van der Waals surface area contributed by atoms with E-state index in [1.54, 1.807) is 43.5 Å². The normalized spacial score (nSPS) is 13.6. The van der Waals surface area contributed by atoms with Crippen LogP contribution in [-0.2, 0) is 20.9 Å². The van der Waals surface area contributed by atoms with Crippen molar-refractivity contribution < 1.29 is 23.5 Å². The van der Waals surface area contributed by atoms with E-state index in [1.807, 2.05) is 0 Å². The van der Waals surface area contributed by atoms with Gasteiger partial charge in [-0.3, -0.25) is 14.4 Å². The van der Waals surface area contributed by atoms with Crippen molar-refractivity contribution in [3.63, 3.8) is 0 Å². The number of ether oxygens (including phenoxy) is 1. The van der Waals surface area contributed by atoms with Crippen molar-refractivity contribution in [2.24, 2.45) is 5.92 Å². The summed E-state index contributed by atoms with van der Waals surface area (Å²) in [5.74, 6) is 0.468. The van der Waals surface area contributed by atoms with E-state index >= 15 is 0 Å². The summed E-state index contributed by atoms with van der Waals surface area (Å²) in [5.41, 5.74) is 0.603. The minimum atomic E-state index is -0.391. The predicted octanol–water partition coefficient (Wildman–Crippen LogP) is 2.56. The molecule has 0 radical (unpaired) electrons. The maximum absolute atomic E-state index is 12.9. The Morgan fingerprint density at radius 3 is 2.47 bits per heavy atom. The Hall–Kier alpha value is -3.29. The van der Waals surface area contributed by atoms with Crippen LogP contribution in [0.15, 0.2) is 47.1 Å². The Morgan fingerprint density at radius 1 is 1.10 bits per heavy atom. The molecule has 0 unspecified atom stereocenters. The maximum Gasteiger partial charge on any atom is 0.243 e. The van der Waals surface area contributed by atoms with E-state index in [9.17, 15) is 14.4 Å². The zero-order valence-corrected chi connectivity index (χ0v) is 17.1. The predicted molar refractivity (Wildman–Crippen MR) is 111 cm³/mol. The first-order valence-electron chi connectivity index (χ1n) is 10.1. The average Bonchev–Trinajstić information content (AvgIpc) is 3.46. The number of anilines is 1. The smallest absolute Gasteiger partial charge is 0.243 e. The van der Waals surface area contributed by atoms with Gasteiger partial charge in [-0.25, -0.2) is 0 Å². The number of carbonyl (C=O) groups is 3. The molecular weight excluding hydrogens is 386 g/mol. The zero-order chi connectivity index (χ0) is 21.3. The molecule has 0 bridgehead atoms. The van der Waals surface area contributed by atoms with Crippen LogP contribution < -0.4 is 15.4 Å². The molecule has 8 heteroatoms. The van der Waals surface area contributed by atoms with E-state index < -0.39 is 5.91 Å². The summed E-state index contributed by atoms with van der Waals surface area (Å²) >= 11 is 0. The van der Waals surface area contributed by atoms with E-state index in [1.165, 1.54) is 11.2 Å². The number of nitrogens with zero attached hydrogens (tertiary/aromatic N) is 1. The Kier molecular flexibility index (Phi) is 7.48. The van der Waals surface area contributed by atoms with Gasteiger partial charge >= 0.3 is 0 Å². The van der Waals surface area contributed by atoms with Crippen LogP contribution in [0.3, 0.4) is 0 Å². The van der Waals surface area contributed by atoms with Crippen molar-refractivity contribution >= 4 is 23.4 Å².